The Bertz CT molecular complexity index is 1010. The monoisotopic (exact) mass is 473 g/mol. The van der Waals surface area contributed by atoms with Crippen molar-refractivity contribution in [3.8, 4) is 5.75 Å². The normalized spacial score (nSPS) is 13.4. The molecule has 29 heavy (non-hydrogen) atoms. The Morgan fingerprint density at radius 1 is 1.14 bits per heavy atom. The van der Waals surface area contributed by atoms with E-state index in [4.69, 9.17) is 17.0 Å². The van der Waals surface area contributed by atoms with E-state index in [1.54, 1.807) is 18.2 Å². The van der Waals surface area contributed by atoms with Crippen LogP contribution in [0.25, 0.3) is 6.08 Å². The number of amides is 3. The molecule has 1 saturated heterocycles. The first-order valence-corrected chi connectivity index (χ1v) is 9.69. The van der Waals surface area contributed by atoms with Crippen molar-refractivity contribution in [2.24, 2.45) is 0 Å². The van der Waals surface area contributed by atoms with E-state index >= 15 is 0 Å². The van der Waals surface area contributed by atoms with Gasteiger partial charge in [-0.25, -0.2) is 0 Å². The molecular formula is C20H16BrN3O4S. The van der Waals surface area contributed by atoms with Crippen molar-refractivity contribution in [3.63, 3.8) is 0 Å². The fourth-order valence-electron chi connectivity index (χ4n) is 2.47. The highest BCUT2D eigenvalue weighted by atomic mass is 79.9. The van der Waals surface area contributed by atoms with Crippen LogP contribution >= 0.6 is 28.1 Å². The fourth-order valence-corrected chi connectivity index (χ4v) is 3.17. The molecule has 9 heteroatoms. The van der Waals surface area contributed by atoms with Gasteiger partial charge < -0.3 is 10.1 Å². The van der Waals surface area contributed by atoms with Gasteiger partial charge in [-0.2, -0.15) is 0 Å². The number of carbonyl (C=O) groups is 3. The maximum atomic E-state index is 12.1. The van der Waals surface area contributed by atoms with E-state index in [-0.39, 0.29) is 23.2 Å². The molecule has 0 unspecified atom stereocenters. The molecule has 0 saturated carbocycles. The zero-order valence-corrected chi connectivity index (χ0v) is 17.6. The van der Waals surface area contributed by atoms with Gasteiger partial charge in [-0.3, -0.25) is 25.0 Å². The van der Waals surface area contributed by atoms with Crippen molar-refractivity contribution in [2.75, 3.05) is 11.9 Å². The molecule has 1 aliphatic heterocycles. The van der Waals surface area contributed by atoms with Gasteiger partial charge in [0.15, 0.2) is 11.7 Å². The number of ether oxygens (including phenoxy) is 1. The number of hydrogen-bond donors (Lipinski definition) is 3. The summed E-state index contributed by atoms with van der Waals surface area (Å²) in [5.41, 5.74) is 2.33. The molecule has 1 aliphatic rings. The fraction of sp³-hybridized carbons (Fsp3) is 0.100. The molecule has 2 aromatic carbocycles. The zero-order chi connectivity index (χ0) is 21.0. The number of halogens is 1. The molecule has 3 amide bonds. The minimum absolute atomic E-state index is 0.0222. The Balaban J connectivity index is 1.63. The van der Waals surface area contributed by atoms with Crippen LogP contribution in [0.5, 0.6) is 5.75 Å². The van der Waals surface area contributed by atoms with Crippen LogP contribution in [-0.4, -0.2) is 29.4 Å². The first-order chi connectivity index (χ1) is 13.8. The summed E-state index contributed by atoms with van der Waals surface area (Å²) in [6.45, 7) is 1.79. The van der Waals surface area contributed by atoms with E-state index < -0.39 is 11.8 Å². The highest BCUT2D eigenvalue weighted by molar-refractivity contribution is 9.10. The number of carbonyl (C=O) groups excluding carboxylic acids is 3. The Morgan fingerprint density at radius 3 is 2.41 bits per heavy atom. The lowest BCUT2D eigenvalue weighted by Gasteiger charge is -2.16. The molecular weight excluding hydrogens is 458 g/mol. The summed E-state index contributed by atoms with van der Waals surface area (Å²) in [7, 11) is 0. The molecule has 3 N–H and O–H groups in total. The molecule has 7 nitrogen and oxygen atoms in total. The van der Waals surface area contributed by atoms with Crippen LogP contribution in [0.3, 0.4) is 0 Å². The predicted molar refractivity (Wildman–Crippen MR) is 116 cm³/mol. The largest absolute Gasteiger partial charge is 0.483 e. The number of nitrogens with one attached hydrogen (secondary N) is 3. The number of anilines is 1. The molecule has 0 radical (unpaired) electrons. The Hall–Kier alpha value is -3.04. The summed E-state index contributed by atoms with van der Waals surface area (Å²) in [6.07, 6.45) is 1.44. The highest BCUT2D eigenvalue weighted by Crippen LogP contribution is 2.27. The Morgan fingerprint density at radius 2 is 1.79 bits per heavy atom. The van der Waals surface area contributed by atoms with Gasteiger partial charge in [0, 0.05) is 5.69 Å². The summed E-state index contributed by atoms with van der Waals surface area (Å²) in [4.78, 5) is 35.9. The first kappa shape index (κ1) is 20.7. The van der Waals surface area contributed by atoms with Crippen LogP contribution in [0.15, 0.2) is 52.5 Å². The van der Waals surface area contributed by atoms with Crippen molar-refractivity contribution in [1.29, 1.82) is 0 Å². The number of aryl methyl sites for hydroxylation is 1. The van der Waals surface area contributed by atoms with Gasteiger partial charge in [0.25, 0.3) is 17.7 Å². The third-order valence-corrected chi connectivity index (χ3v) is 4.73. The molecule has 0 spiro atoms. The van der Waals surface area contributed by atoms with Crippen LogP contribution in [-0.2, 0) is 14.4 Å². The van der Waals surface area contributed by atoms with Gasteiger partial charge in [0.05, 0.1) is 4.47 Å². The van der Waals surface area contributed by atoms with E-state index in [1.807, 2.05) is 31.2 Å². The second-order valence-corrected chi connectivity index (χ2v) is 7.45. The minimum Gasteiger partial charge on any atom is -0.483 e. The number of hydrogen-bond acceptors (Lipinski definition) is 5. The van der Waals surface area contributed by atoms with E-state index in [0.717, 1.165) is 5.56 Å². The van der Waals surface area contributed by atoms with E-state index in [2.05, 4.69) is 31.9 Å². The lowest BCUT2D eigenvalue weighted by atomic mass is 10.1. The van der Waals surface area contributed by atoms with E-state index in [9.17, 15) is 14.4 Å². The van der Waals surface area contributed by atoms with Gasteiger partial charge in [0.1, 0.15) is 11.3 Å². The minimum atomic E-state index is -0.567. The number of benzene rings is 2. The van der Waals surface area contributed by atoms with E-state index in [0.29, 0.717) is 21.5 Å². The highest BCUT2D eigenvalue weighted by Gasteiger charge is 2.25. The van der Waals surface area contributed by atoms with Crippen LogP contribution in [0.2, 0.25) is 0 Å². The van der Waals surface area contributed by atoms with Crippen molar-refractivity contribution in [2.45, 2.75) is 6.92 Å². The van der Waals surface area contributed by atoms with Crippen LogP contribution in [0.4, 0.5) is 5.69 Å². The van der Waals surface area contributed by atoms with E-state index in [1.165, 1.54) is 6.08 Å². The molecule has 0 atom stereocenters. The summed E-state index contributed by atoms with van der Waals surface area (Å²) >= 11 is 8.13. The average molecular weight is 474 g/mol. The maximum absolute atomic E-state index is 12.1. The third-order valence-electron chi connectivity index (χ3n) is 3.90. The van der Waals surface area contributed by atoms with Crippen molar-refractivity contribution in [1.82, 2.24) is 10.6 Å². The smallest absolute Gasteiger partial charge is 0.263 e. The SMILES string of the molecule is Cc1ccc(NC(=O)COc2ccc(C=C3C(=O)NC(=S)NC3=O)cc2Br)cc1. The summed E-state index contributed by atoms with van der Waals surface area (Å²) in [6, 6.07) is 12.4. The predicted octanol–water partition coefficient (Wildman–Crippen LogP) is 2.69. The molecule has 1 heterocycles. The van der Waals surface area contributed by atoms with Gasteiger partial charge >= 0.3 is 0 Å². The summed E-state index contributed by atoms with van der Waals surface area (Å²) < 4.78 is 6.11. The molecule has 0 bridgehead atoms. The quantitative estimate of drug-likeness (QED) is 0.352. The molecule has 0 aromatic heterocycles. The van der Waals surface area contributed by atoms with Gasteiger partial charge in [0.2, 0.25) is 0 Å². The molecule has 2 aromatic rings. The standard InChI is InChI=1S/C20H16BrN3O4S/c1-11-2-5-13(6-3-11)22-17(25)10-28-16-7-4-12(9-15(16)21)8-14-18(26)23-20(29)24-19(14)27/h2-9H,10H2,1H3,(H,22,25)(H2,23,24,26,27,29). The molecule has 3 rings (SSSR count). The van der Waals surface area contributed by atoms with Crippen molar-refractivity contribution < 1.29 is 19.1 Å². The van der Waals surface area contributed by atoms with Crippen molar-refractivity contribution >= 4 is 62.7 Å². The Kier molecular flexibility index (Phi) is 6.40. The second-order valence-electron chi connectivity index (χ2n) is 6.19. The Labute approximate surface area is 180 Å². The van der Waals surface area contributed by atoms with Gasteiger partial charge in [-0.05, 0) is 71.0 Å². The first-order valence-electron chi connectivity index (χ1n) is 8.49. The summed E-state index contributed by atoms with van der Waals surface area (Å²) in [5, 5.41) is 7.47. The maximum Gasteiger partial charge on any atom is 0.263 e. The number of rotatable bonds is 5. The van der Waals surface area contributed by atoms with Gasteiger partial charge in [-0.15, -0.1) is 0 Å². The van der Waals surface area contributed by atoms with Gasteiger partial charge in [-0.1, -0.05) is 23.8 Å². The third kappa shape index (κ3) is 5.49. The van der Waals surface area contributed by atoms with Crippen molar-refractivity contribution in [3.05, 3.63) is 63.6 Å². The lowest BCUT2D eigenvalue weighted by molar-refractivity contribution is -0.123. The van der Waals surface area contributed by atoms with Crippen LogP contribution in [0, 0.1) is 6.92 Å². The average Bonchev–Trinajstić information content (AvgIpc) is 2.66. The van der Waals surface area contributed by atoms with Crippen LogP contribution in [0.1, 0.15) is 11.1 Å². The molecule has 1 fully saturated rings. The van der Waals surface area contributed by atoms with Crippen LogP contribution < -0.4 is 20.7 Å². The number of thiocarbonyl (C=S) groups is 1. The second kappa shape index (κ2) is 8.97. The molecule has 148 valence electrons. The molecule has 0 aliphatic carbocycles. The lowest BCUT2D eigenvalue weighted by Crippen LogP contribution is -2.51. The topological polar surface area (TPSA) is 96.5 Å². The zero-order valence-electron chi connectivity index (χ0n) is 15.2. The summed E-state index contributed by atoms with van der Waals surface area (Å²) in [5.74, 6) is -0.977.